The van der Waals surface area contributed by atoms with Crippen molar-refractivity contribution in [1.82, 2.24) is 0 Å². The molecular formula is C3H7NaO4. The SMILES string of the molecule is C[C@H](O)C(=O)[O-].O.[Na+]. The second-order valence-electron chi connectivity index (χ2n) is 0.995. The molecule has 0 fully saturated rings. The Labute approximate surface area is 69.1 Å². The minimum atomic E-state index is -1.44. The topological polar surface area (TPSA) is 91.9 Å². The number of carboxylic acids is 1. The molecule has 0 radical (unpaired) electrons. The number of carbonyl (C=O) groups excluding carboxylic acids is 1. The second kappa shape index (κ2) is 7.39. The zero-order valence-corrected chi connectivity index (χ0v) is 6.84. The molecular weight excluding hydrogens is 123 g/mol. The first-order chi connectivity index (χ1) is 2.64. The van der Waals surface area contributed by atoms with E-state index in [1.807, 2.05) is 0 Å². The van der Waals surface area contributed by atoms with Crippen molar-refractivity contribution in [2.75, 3.05) is 0 Å². The maximum Gasteiger partial charge on any atom is 1.00 e. The van der Waals surface area contributed by atoms with Crippen molar-refractivity contribution in [1.29, 1.82) is 0 Å². The van der Waals surface area contributed by atoms with E-state index < -0.39 is 12.1 Å². The Hall–Kier alpha value is 0.390. The zero-order chi connectivity index (χ0) is 5.15. The van der Waals surface area contributed by atoms with Crippen LogP contribution in [0.3, 0.4) is 0 Å². The summed E-state index contributed by atoms with van der Waals surface area (Å²) < 4.78 is 0. The minimum absolute atomic E-state index is 0. The third kappa shape index (κ3) is 9.63. The van der Waals surface area contributed by atoms with Crippen molar-refractivity contribution in [2.24, 2.45) is 0 Å². The molecule has 5 heteroatoms. The van der Waals surface area contributed by atoms with E-state index in [0.717, 1.165) is 6.92 Å². The predicted molar refractivity (Wildman–Crippen MR) is 20.3 cm³/mol. The van der Waals surface area contributed by atoms with E-state index in [1.54, 1.807) is 0 Å². The summed E-state index contributed by atoms with van der Waals surface area (Å²) in [6.45, 7) is 1.13. The largest absolute Gasteiger partial charge is 1.00 e. The molecule has 0 amide bonds. The monoisotopic (exact) mass is 130 g/mol. The summed E-state index contributed by atoms with van der Waals surface area (Å²) in [5, 5.41) is 17.3. The Balaban J connectivity index is -0.000000125. The fraction of sp³-hybridized carbons (Fsp3) is 0.667. The van der Waals surface area contributed by atoms with Crippen LogP contribution >= 0.6 is 0 Å². The molecule has 8 heavy (non-hydrogen) atoms. The summed E-state index contributed by atoms with van der Waals surface area (Å²) in [4.78, 5) is 9.34. The van der Waals surface area contributed by atoms with E-state index in [-0.39, 0.29) is 35.0 Å². The summed E-state index contributed by atoms with van der Waals surface area (Å²) in [6.07, 6.45) is -1.34. The van der Waals surface area contributed by atoms with Crippen molar-refractivity contribution >= 4 is 5.97 Å². The van der Waals surface area contributed by atoms with Crippen LogP contribution in [0.1, 0.15) is 6.92 Å². The summed E-state index contributed by atoms with van der Waals surface area (Å²) in [5.74, 6) is -1.44. The molecule has 0 aromatic carbocycles. The molecule has 3 N–H and O–H groups in total. The van der Waals surface area contributed by atoms with Gasteiger partial charge in [-0.05, 0) is 6.92 Å². The molecule has 0 saturated carbocycles. The number of aliphatic hydroxyl groups is 1. The number of rotatable bonds is 1. The third-order valence-electron chi connectivity index (χ3n) is 0.341. The van der Waals surface area contributed by atoms with Crippen LogP contribution in [-0.2, 0) is 4.79 Å². The first kappa shape index (κ1) is 15.8. The summed E-state index contributed by atoms with van der Waals surface area (Å²) >= 11 is 0. The number of carboxylic acid groups (broad SMARTS) is 1. The maximum absolute atomic E-state index is 9.34. The quantitative estimate of drug-likeness (QED) is 0.358. The smallest absolute Gasteiger partial charge is 0.547 e. The molecule has 44 valence electrons. The van der Waals surface area contributed by atoms with Gasteiger partial charge in [-0.2, -0.15) is 0 Å². The molecule has 0 aliphatic carbocycles. The van der Waals surface area contributed by atoms with E-state index in [2.05, 4.69) is 0 Å². The molecule has 0 heterocycles. The van der Waals surface area contributed by atoms with Crippen LogP contribution in [0.25, 0.3) is 0 Å². The molecule has 0 spiro atoms. The van der Waals surface area contributed by atoms with Crippen molar-refractivity contribution in [3.8, 4) is 0 Å². The Kier molecular flexibility index (Phi) is 14.6. The van der Waals surface area contributed by atoms with Gasteiger partial charge in [-0.3, -0.25) is 0 Å². The van der Waals surface area contributed by atoms with E-state index in [0.29, 0.717) is 0 Å². The van der Waals surface area contributed by atoms with Gasteiger partial charge in [-0.1, -0.05) is 0 Å². The van der Waals surface area contributed by atoms with Gasteiger partial charge in [0.2, 0.25) is 0 Å². The Morgan fingerprint density at radius 3 is 1.88 bits per heavy atom. The van der Waals surface area contributed by atoms with E-state index in [4.69, 9.17) is 5.11 Å². The van der Waals surface area contributed by atoms with Crippen LogP contribution in [-0.4, -0.2) is 22.7 Å². The molecule has 4 nitrogen and oxygen atoms in total. The normalized spacial score (nSPS) is 10.2. The molecule has 0 bridgehead atoms. The van der Waals surface area contributed by atoms with Gasteiger partial charge < -0.3 is 20.5 Å². The maximum atomic E-state index is 9.34. The van der Waals surface area contributed by atoms with Gasteiger partial charge >= 0.3 is 29.6 Å². The van der Waals surface area contributed by atoms with Crippen molar-refractivity contribution in [3.05, 3.63) is 0 Å². The van der Waals surface area contributed by atoms with Gasteiger partial charge in [-0.15, -0.1) is 0 Å². The zero-order valence-electron chi connectivity index (χ0n) is 4.84. The third-order valence-corrected chi connectivity index (χ3v) is 0.341. The van der Waals surface area contributed by atoms with Gasteiger partial charge in [0, 0.05) is 0 Å². The Bertz CT molecular complexity index is 62.3. The first-order valence-electron chi connectivity index (χ1n) is 1.53. The number of aliphatic hydroxyl groups excluding tert-OH is 1. The Morgan fingerprint density at radius 2 is 1.88 bits per heavy atom. The molecule has 0 unspecified atom stereocenters. The summed E-state index contributed by atoms with van der Waals surface area (Å²) in [5.41, 5.74) is 0. The van der Waals surface area contributed by atoms with Crippen LogP contribution in [0.5, 0.6) is 0 Å². The molecule has 0 aliphatic heterocycles. The molecule has 0 aromatic rings. The molecule has 0 saturated heterocycles. The number of hydrogen-bond acceptors (Lipinski definition) is 3. The van der Waals surface area contributed by atoms with Crippen LogP contribution in [0.2, 0.25) is 0 Å². The van der Waals surface area contributed by atoms with E-state index in [1.165, 1.54) is 0 Å². The molecule has 0 rings (SSSR count). The van der Waals surface area contributed by atoms with Crippen LogP contribution < -0.4 is 34.7 Å². The van der Waals surface area contributed by atoms with Gasteiger partial charge in [0.1, 0.15) is 0 Å². The summed E-state index contributed by atoms with van der Waals surface area (Å²) in [6, 6.07) is 0. The standard InChI is InChI=1S/C3H6O3.Na.H2O/c1-2(4)3(5)6;;/h2,4H,1H3,(H,5,6);;1H2/q;+1;/p-1/t2-;;/m0../s1. The van der Waals surface area contributed by atoms with Crippen molar-refractivity contribution in [3.63, 3.8) is 0 Å². The van der Waals surface area contributed by atoms with Gasteiger partial charge in [0.25, 0.3) is 0 Å². The van der Waals surface area contributed by atoms with Gasteiger partial charge in [-0.25, -0.2) is 0 Å². The average Bonchev–Trinajstić information content (AvgIpc) is 1.36. The van der Waals surface area contributed by atoms with E-state index in [9.17, 15) is 9.90 Å². The van der Waals surface area contributed by atoms with Crippen LogP contribution in [0, 0.1) is 0 Å². The molecule has 0 aliphatic rings. The van der Waals surface area contributed by atoms with Gasteiger partial charge in [0.05, 0.1) is 12.1 Å². The average molecular weight is 130 g/mol. The Morgan fingerprint density at radius 1 is 1.75 bits per heavy atom. The summed E-state index contributed by atoms with van der Waals surface area (Å²) in [7, 11) is 0. The fourth-order valence-electron chi connectivity index (χ4n) is 0. The van der Waals surface area contributed by atoms with Crippen molar-refractivity contribution in [2.45, 2.75) is 13.0 Å². The number of hydrogen-bond donors (Lipinski definition) is 1. The predicted octanol–water partition coefficient (Wildman–Crippen LogP) is -5.70. The second-order valence-corrected chi connectivity index (χ2v) is 0.995. The van der Waals surface area contributed by atoms with Gasteiger partial charge in [0.15, 0.2) is 0 Å². The molecule has 0 aromatic heterocycles. The minimum Gasteiger partial charge on any atom is -0.547 e. The van der Waals surface area contributed by atoms with Crippen LogP contribution in [0.4, 0.5) is 0 Å². The van der Waals surface area contributed by atoms with Crippen LogP contribution in [0.15, 0.2) is 0 Å². The number of aliphatic carboxylic acids is 1. The number of carbonyl (C=O) groups is 1. The van der Waals surface area contributed by atoms with E-state index >= 15 is 0 Å². The first-order valence-corrected chi connectivity index (χ1v) is 1.53. The fourth-order valence-corrected chi connectivity index (χ4v) is 0. The molecule has 1 atom stereocenters. The van der Waals surface area contributed by atoms with Crippen molar-refractivity contribution < 1.29 is 50.0 Å².